The van der Waals surface area contributed by atoms with E-state index in [9.17, 15) is 9.90 Å². The lowest BCUT2D eigenvalue weighted by Crippen LogP contribution is -2.26. The van der Waals surface area contributed by atoms with Crippen molar-refractivity contribution >= 4 is 5.91 Å². The van der Waals surface area contributed by atoms with Crippen molar-refractivity contribution in [3.63, 3.8) is 0 Å². The summed E-state index contributed by atoms with van der Waals surface area (Å²) in [5.41, 5.74) is 3.14. The van der Waals surface area contributed by atoms with Gasteiger partial charge in [-0.3, -0.25) is 4.79 Å². The number of phenols is 1. The highest BCUT2D eigenvalue weighted by Gasteiger charge is 2.11. The van der Waals surface area contributed by atoms with Gasteiger partial charge in [0.15, 0.2) is 11.5 Å². The van der Waals surface area contributed by atoms with Crippen molar-refractivity contribution in [2.24, 2.45) is 0 Å². The summed E-state index contributed by atoms with van der Waals surface area (Å²) in [5, 5.41) is 13.0. The Hall–Kier alpha value is -2.49. The lowest BCUT2D eigenvalue weighted by molar-refractivity contribution is -0.121. The van der Waals surface area contributed by atoms with Crippen LogP contribution in [0.25, 0.3) is 0 Å². The molecule has 0 saturated carbocycles. The second-order valence-electron chi connectivity index (χ2n) is 5.59. The summed E-state index contributed by atoms with van der Waals surface area (Å²) in [5.74, 6) is 1.31. The molecule has 2 aromatic rings. The van der Waals surface area contributed by atoms with Gasteiger partial charge in [-0.15, -0.1) is 0 Å². The first-order valence-electron chi connectivity index (χ1n) is 7.48. The van der Waals surface area contributed by atoms with Crippen LogP contribution in [0, 0.1) is 6.92 Å². The first-order valence-corrected chi connectivity index (χ1v) is 7.48. The highest BCUT2D eigenvalue weighted by atomic mass is 16.5. The SMILES string of the molecule is Cc1cc(O)c2cc1CCNC(=O)CCc1ccc(cc1)O2. The van der Waals surface area contributed by atoms with E-state index in [4.69, 9.17) is 4.74 Å². The first kappa shape index (κ1) is 14.4. The molecule has 22 heavy (non-hydrogen) atoms. The zero-order valence-electron chi connectivity index (χ0n) is 12.6. The number of aryl methyl sites for hydroxylation is 2. The third kappa shape index (κ3) is 3.22. The summed E-state index contributed by atoms with van der Waals surface area (Å²) < 4.78 is 5.79. The van der Waals surface area contributed by atoms with E-state index in [-0.39, 0.29) is 11.7 Å². The van der Waals surface area contributed by atoms with Gasteiger partial charge in [0.25, 0.3) is 0 Å². The minimum absolute atomic E-state index is 0.0639. The Morgan fingerprint density at radius 3 is 2.64 bits per heavy atom. The van der Waals surface area contributed by atoms with Gasteiger partial charge in [0, 0.05) is 13.0 Å². The van der Waals surface area contributed by atoms with Gasteiger partial charge < -0.3 is 15.2 Å². The van der Waals surface area contributed by atoms with Crippen LogP contribution in [0.15, 0.2) is 36.4 Å². The van der Waals surface area contributed by atoms with Crippen LogP contribution >= 0.6 is 0 Å². The molecule has 2 heterocycles. The van der Waals surface area contributed by atoms with Gasteiger partial charge >= 0.3 is 0 Å². The maximum atomic E-state index is 11.8. The molecule has 2 aromatic carbocycles. The van der Waals surface area contributed by atoms with Crippen LogP contribution in [0.2, 0.25) is 0 Å². The largest absolute Gasteiger partial charge is 0.504 e. The van der Waals surface area contributed by atoms with Crippen LogP contribution < -0.4 is 10.1 Å². The second kappa shape index (κ2) is 6.10. The number of fused-ring (bicyclic) bond motifs is 7. The number of benzene rings is 2. The molecule has 2 N–H and O–H groups in total. The summed E-state index contributed by atoms with van der Waals surface area (Å²) in [6.07, 6.45) is 1.91. The average Bonchev–Trinajstić information content (AvgIpc) is 2.50. The van der Waals surface area contributed by atoms with E-state index in [1.165, 1.54) is 0 Å². The molecule has 0 saturated heterocycles. The van der Waals surface area contributed by atoms with Crippen molar-refractivity contribution in [3.05, 3.63) is 53.1 Å². The fourth-order valence-electron chi connectivity index (χ4n) is 2.60. The number of hydrogen-bond acceptors (Lipinski definition) is 3. The van der Waals surface area contributed by atoms with Crippen molar-refractivity contribution in [3.8, 4) is 17.2 Å². The molecule has 4 nitrogen and oxygen atoms in total. The third-order valence-corrected chi connectivity index (χ3v) is 3.93. The summed E-state index contributed by atoms with van der Waals surface area (Å²) in [6.45, 7) is 2.53. The Morgan fingerprint density at radius 2 is 1.86 bits per heavy atom. The van der Waals surface area contributed by atoms with Gasteiger partial charge in [-0.1, -0.05) is 12.1 Å². The minimum Gasteiger partial charge on any atom is -0.504 e. The number of nitrogens with one attached hydrogen (secondary N) is 1. The molecule has 4 rings (SSSR count). The smallest absolute Gasteiger partial charge is 0.220 e. The molecular formula is C18H19NO3. The molecule has 0 unspecified atom stereocenters. The lowest BCUT2D eigenvalue weighted by atomic mass is 10.0. The van der Waals surface area contributed by atoms with E-state index in [1.54, 1.807) is 6.07 Å². The Balaban J connectivity index is 1.98. The minimum atomic E-state index is 0.0639. The van der Waals surface area contributed by atoms with E-state index >= 15 is 0 Å². The number of carbonyl (C=O) groups is 1. The van der Waals surface area contributed by atoms with Gasteiger partial charge in [-0.05, 0) is 60.7 Å². The predicted octanol–water partition coefficient (Wildman–Crippen LogP) is 3.10. The number of rotatable bonds is 0. The number of hydrogen-bond donors (Lipinski definition) is 2. The van der Waals surface area contributed by atoms with Crippen LogP contribution in [0.3, 0.4) is 0 Å². The Labute approximate surface area is 129 Å². The van der Waals surface area contributed by atoms with E-state index in [0.29, 0.717) is 37.3 Å². The molecule has 4 bridgehead atoms. The van der Waals surface area contributed by atoms with Gasteiger partial charge in [0.1, 0.15) is 5.75 Å². The molecule has 2 aliphatic heterocycles. The van der Waals surface area contributed by atoms with Crippen LogP contribution in [0.4, 0.5) is 0 Å². The number of amides is 1. The van der Waals surface area contributed by atoms with Gasteiger partial charge in [-0.2, -0.15) is 0 Å². The summed E-state index contributed by atoms with van der Waals surface area (Å²) in [4.78, 5) is 11.8. The van der Waals surface area contributed by atoms with Crippen LogP contribution in [0.1, 0.15) is 23.1 Å². The molecule has 0 spiro atoms. The van der Waals surface area contributed by atoms with E-state index < -0.39 is 0 Å². The molecule has 1 amide bonds. The van der Waals surface area contributed by atoms with Crippen LogP contribution in [0.5, 0.6) is 17.2 Å². The third-order valence-electron chi connectivity index (χ3n) is 3.93. The molecular weight excluding hydrogens is 278 g/mol. The standard InChI is InChI=1S/C18H19NO3/c1-12-10-16(20)17-11-14(12)8-9-19-18(21)7-4-13-2-5-15(22-17)6-3-13/h2-3,5-6,10-11,20H,4,7-9H2,1H3,(H,19,21). The Morgan fingerprint density at radius 1 is 1.09 bits per heavy atom. The van der Waals surface area contributed by atoms with Gasteiger partial charge in [-0.25, -0.2) is 0 Å². The molecule has 114 valence electrons. The first-order chi connectivity index (χ1) is 10.6. The Bertz CT molecular complexity index is 692. The molecule has 0 radical (unpaired) electrons. The highest BCUT2D eigenvalue weighted by Crippen LogP contribution is 2.33. The van der Waals surface area contributed by atoms with Crippen LogP contribution in [-0.2, 0) is 17.6 Å². The number of carbonyl (C=O) groups excluding carboxylic acids is 1. The predicted molar refractivity (Wildman–Crippen MR) is 84.4 cm³/mol. The molecule has 0 aromatic heterocycles. The van der Waals surface area contributed by atoms with Crippen molar-refractivity contribution in [2.75, 3.05) is 6.54 Å². The van der Waals surface area contributed by atoms with Crippen molar-refractivity contribution in [2.45, 2.75) is 26.2 Å². The van der Waals surface area contributed by atoms with Gasteiger partial charge in [0.05, 0.1) is 0 Å². The zero-order valence-corrected chi connectivity index (χ0v) is 12.6. The number of ether oxygens (including phenoxy) is 1. The maximum absolute atomic E-state index is 11.8. The van der Waals surface area contributed by atoms with E-state index in [0.717, 1.165) is 16.7 Å². The number of aromatic hydroxyl groups is 1. The molecule has 0 atom stereocenters. The van der Waals surface area contributed by atoms with E-state index in [2.05, 4.69) is 5.32 Å². The summed E-state index contributed by atoms with van der Waals surface area (Å²) in [7, 11) is 0. The quantitative estimate of drug-likeness (QED) is 0.785. The second-order valence-corrected chi connectivity index (χ2v) is 5.59. The Kier molecular flexibility index (Phi) is 4.00. The van der Waals surface area contributed by atoms with Gasteiger partial charge in [0.2, 0.25) is 5.91 Å². The van der Waals surface area contributed by atoms with Crippen LogP contribution in [-0.4, -0.2) is 17.6 Å². The lowest BCUT2D eigenvalue weighted by Gasteiger charge is -2.14. The average molecular weight is 297 g/mol. The molecule has 0 fully saturated rings. The maximum Gasteiger partial charge on any atom is 0.220 e. The summed E-state index contributed by atoms with van der Waals surface area (Å²) >= 11 is 0. The molecule has 2 aliphatic rings. The van der Waals surface area contributed by atoms with E-state index in [1.807, 2.05) is 37.3 Å². The van der Waals surface area contributed by atoms with Crippen molar-refractivity contribution < 1.29 is 14.6 Å². The zero-order chi connectivity index (χ0) is 15.5. The highest BCUT2D eigenvalue weighted by molar-refractivity contribution is 5.76. The fraction of sp³-hybridized carbons (Fsp3) is 0.278. The monoisotopic (exact) mass is 297 g/mol. The van der Waals surface area contributed by atoms with Crippen molar-refractivity contribution in [1.82, 2.24) is 5.32 Å². The topological polar surface area (TPSA) is 58.6 Å². The molecule has 4 heteroatoms. The van der Waals surface area contributed by atoms with Crippen molar-refractivity contribution in [1.29, 1.82) is 0 Å². The fourth-order valence-corrected chi connectivity index (χ4v) is 2.60. The normalized spacial score (nSPS) is 14.9. The summed E-state index contributed by atoms with van der Waals surface area (Å²) in [6, 6.07) is 11.2. The molecule has 0 aliphatic carbocycles. The number of phenolic OH excluding ortho intramolecular Hbond substituents is 1.